The molecule has 1 saturated carbocycles. The van der Waals surface area contributed by atoms with E-state index < -0.39 is 12.1 Å². The number of nitrogens with zero attached hydrogens (tertiary/aromatic N) is 5. The average molecular weight is 392 g/mol. The first-order chi connectivity index (χ1) is 14.2. The third kappa shape index (κ3) is 3.44. The topological polar surface area (TPSA) is 102 Å². The maximum absolute atomic E-state index is 13.0. The third-order valence-electron chi connectivity index (χ3n) is 5.24. The summed E-state index contributed by atoms with van der Waals surface area (Å²) in [6.07, 6.45) is 11.4. The third-order valence-corrected chi connectivity index (χ3v) is 5.24. The van der Waals surface area contributed by atoms with E-state index in [1.165, 1.54) is 0 Å². The van der Waals surface area contributed by atoms with Crippen LogP contribution in [0.2, 0.25) is 0 Å². The lowest BCUT2D eigenvalue weighted by molar-refractivity contribution is -0.165. The molecule has 148 valence electrons. The molecule has 9 nitrogen and oxygen atoms in total. The van der Waals surface area contributed by atoms with Crippen molar-refractivity contribution in [3.05, 3.63) is 60.6 Å². The van der Waals surface area contributed by atoms with Gasteiger partial charge in [-0.15, -0.1) is 0 Å². The standard InChI is InChI=1S/C20H20N6O3/c27-17-12-29-19(18(26(17)15-3-4-15)13-2-1-5-21-8-13)20(28)23-9-14-11-25-7-6-22-10-16(25)24-14/h1-2,5-8,10-11,15,18-19H,3-4,9,12H2,(H,23,28)/t18-,19+/m1/s1. The van der Waals surface area contributed by atoms with Crippen LogP contribution >= 0.6 is 0 Å². The predicted octanol–water partition coefficient (Wildman–Crippen LogP) is 0.872. The number of morpholine rings is 1. The lowest BCUT2D eigenvalue weighted by atomic mass is 9.98. The van der Waals surface area contributed by atoms with Crippen molar-refractivity contribution in [1.82, 2.24) is 29.6 Å². The number of nitrogens with one attached hydrogen (secondary N) is 1. The van der Waals surface area contributed by atoms with Crippen molar-refractivity contribution >= 4 is 17.5 Å². The molecule has 2 amide bonds. The van der Waals surface area contributed by atoms with Crippen LogP contribution < -0.4 is 5.32 Å². The molecule has 1 aliphatic carbocycles. The molecule has 29 heavy (non-hydrogen) atoms. The van der Waals surface area contributed by atoms with Gasteiger partial charge in [0.25, 0.3) is 5.91 Å². The van der Waals surface area contributed by atoms with Gasteiger partial charge in [-0.05, 0) is 24.5 Å². The van der Waals surface area contributed by atoms with Gasteiger partial charge in [-0.2, -0.15) is 0 Å². The first-order valence-corrected chi connectivity index (χ1v) is 9.59. The van der Waals surface area contributed by atoms with Crippen LogP contribution in [0.15, 0.2) is 49.3 Å². The molecule has 1 saturated heterocycles. The number of aromatic nitrogens is 4. The van der Waals surface area contributed by atoms with Gasteiger partial charge in [-0.25, -0.2) is 4.98 Å². The van der Waals surface area contributed by atoms with Crippen molar-refractivity contribution in [3.8, 4) is 0 Å². The summed E-state index contributed by atoms with van der Waals surface area (Å²) in [6.45, 7) is 0.170. The summed E-state index contributed by atoms with van der Waals surface area (Å²) in [5, 5.41) is 2.91. The van der Waals surface area contributed by atoms with Crippen molar-refractivity contribution in [2.24, 2.45) is 0 Å². The lowest BCUT2D eigenvalue weighted by Gasteiger charge is -2.40. The molecule has 3 aromatic rings. The SMILES string of the molecule is O=C(NCc1cn2ccncc2n1)[C@H]1OCC(=O)N(C2CC2)[C@@H]1c1cccnc1. The predicted molar refractivity (Wildman–Crippen MR) is 101 cm³/mol. The van der Waals surface area contributed by atoms with Gasteiger partial charge in [0.1, 0.15) is 6.61 Å². The molecule has 9 heteroatoms. The zero-order chi connectivity index (χ0) is 19.8. The van der Waals surface area contributed by atoms with Gasteiger partial charge in [0, 0.05) is 37.0 Å². The Bertz CT molecular complexity index is 1020. The van der Waals surface area contributed by atoms with Crippen molar-refractivity contribution in [3.63, 3.8) is 0 Å². The Morgan fingerprint density at radius 1 is 1.24 bits per heavy atom. The highest BCUT2D eigenvalue weighted by atomic mass is 16.5. The molecule has 0 spiro atoms. The van der Waals surface area contributed by atoms with E-state index in [1.54, 1.807) is 42.0 Å². The largest absolute Gasteiger partial charge is 0.356 e. The summed E-state index contributed by atoms with van der Waals surface area (Å²) in [5.41, 5.74) is 2.23. The Morgan fingerprint density at radius 2 is 2.10 bits per heavy atom. The zero-order valence-electron chi connectivity index (χ0n) is 15.6. The summed E-state index contributed by atoms with van der Waals surface area (Å²) in [4.78, 5) is 40.0. The van der Waals surface area contributed by atoms with E-state index in [0.29, 0.717) is 5.65 Å². The fourth-order valence-corrected chi connectivity index (χ4v) is 3.78. The number of carbonyl (C=O) groups is 2. The minimum Gasteiger partial charge on any atom is -0.356 e. The highest BCUT2D eigenvalue weighted by Gasteiger charge is 2.47. The number of amides is 2. The molecule has 2 atom stereocenters. The van der Waals surface area contributed by atoms with E-state index in [4.69, 9.17) is 4.74 Å². The van der Waals surface area contributed by atoms with E-state index in [1.807, 2.05) is 16.7 Å². The minimum absolute atomic E-state index is 0.0850. The average Bonchev–Trinajstić information content (AvgIpc) is 3.50. The van der Waals surface area contributed by atoms with Crippen LogP contribution in [0.1, 0.15) is 30.1 Å². The van der Waals surface area contributed by atoms with Crippen molar-refractivity contribution in [2.45, 2.75) is 37.6 Å². The normalized spacial score (nSPS) is 22.1. The van der Waals surface area contributed by atoms with Crippen molar-refractivity contribution in [1.29, 1.82) is 0 Å². The Morgan fingerprint density at radius 3 is 2.86 bits per heavy atom. The minimum atomic E-state index is -0.795. The van der Waals surface area contributed by atoms with Crippen LogP contribution in [-0.4, -0.2) is 54.8 Å². The second kappa shape index (κ2) is 7.25. The summed E-state index contributed by atoms with van der Waals surface area (Å²) in [7, 11) is 0. The Balaban J connectivity index is 1.37. The van der Waals surface area contributed by atoms with Crippen LogP contribution in [0.4, 0.5) is 0 Å². The molecule has 0 bridgehead atoms. The second-order valence-corrected chi connectivity index (χ2v) is 7.29. The number of hydrogen-bond donors (Lipinski definition) is 1. The molecule has 0 radical (unpaired) electrons. The maximum Gasteiger partial charge on any atom is 0.252 e. The Kier molecular flexibility index (Phi) is 4.44. The van der Waals surface area contributed by atoms with E-state index in [0.717, 1.165) is 24.1 Å². The quantitative estimate of drug-likeness (QED) is 0.691. The van der Waals surface area contributed by atoms with E-state index in [2.05, 4.69) is 20.3 Å². The fourth-order valence-electron chi connectivity index (χ4n) is 3.78. The molecule has 1 N–H and O–H groups in total. The van der Waals surface area contributed by atoms with Crippen LogP contribution in [0.25, 0.3) is 5.65 Å². The monoisotopic (exact) mass is 392 g/mol. The molecule has 1 aliphatic heterocycles. The van der Waals surface area contributed by atoms with Gasteiger partial charge < -0.3 is 19.4 Å². The highest BCUT2D eigenvalue weighted by molar-refractivity contribution is 5.86. The number of imidazole rings is 1. The fraction of sp³-hybridized carbons (Fsp3) is 0.350. The molecule has 4 heterocycles. The van der Waals surface area contributed by atoms with Gasteiger partial charge in [0.2, 0.25) is 5.91 Å². The smallest absolute Gasteiger partial charge is 0.252 e. The summed E-state index contributed by atoms with van der Waals surface area (Å²) < 4.78 is 7.55. The number of fused-ring (bicyclic) bond motifs is 1. The number of ether oxygens (including phenoxy) is 1. The van der Waals surface area contributed by atoms with Gasteiger partial charge in [-0.1, -0.05) is 6.07 Å². The number of carbonyl (C=O) groups excluding carboxylic acids is 2. The zero-order valence-corrected chi connectivity index (χ0v) is 15.6. The lowest BCUT2D eigenvalue weighted by Crippen LogP contribution is -2.55. The van der Waals surface area contributed by atoms with Gasteiger partial charge >= 0.3 is 0 Å². The summed E-state index contributed by atoms with van der Waals surface area (Å²) in [5.74, 6) is -0.356. The number of hydrogen-bond acceptors (Lipinski definition) is 6. The van der Waals surface area contributed by atoms with Crippen LogP contribution in [0.5, 0.6) is 0 Å². The van der Waals surface area contributed by atoms with E-state index >= 15 is 0 Å². The Hall–Kier alpha value is -3.33. The van der Waals surface area contributed by atoms with Crippen LogP contribution in [0, 0.1) is 0 Å². The molecule has 3 aromatic heterocycles. The molecule has 5 rings (SSSR count). The highest BCUT2D eigenvalue weighted by Crippen LogP contribution is 2.39. The molecular formula is C20H20N6O3. The van der Waals surface area contributed by atoms with Crippen LogP contribution in [-0.2, 0) is 20.9 Å². The van der Waals surface area contributed by atoms with Crippen molar-refractivity contribution < 1.29 is 14.3 Å². The molecule has 2 fully saturated rings. The Labute approximate surface area is 166 Å². The van der Waals surface area contributed by atoms with Crippen molar-refractivity contribution in [2.75, 3.05) is 6.61 Å². The molecular weight excluding hydrogens is 372 g/mol. The van der Waals surface area contributed by atoms with E-state index in [9.17, 15) is 9.59 Å². The van der Waals surface area contributed by atoms with Gasteiger partial charge in [0.15, 0.2) is 11.8 Å². The number of pyridine rings is 1. The first-order valence-electron chi connectivity index (χ1n) is 9.59. The summed E-state index contributed by atoms with van der Waals surface area (Å²) >= 11 is 0. The maximum atomic E-state index is 13.0. The number of rotatable bonds is 5. The molecule has 0 unspecified atom stereocenters. The molecule has 2 aliphatic rings. The first kappa shape index (κ1) is 17.7. The van der Waals surface area contributed by atoms with Gasteiger partial charge in [0.05, 0.1) is 24.5 Å². The summed E-state index contributed by atoms with van der Waals surface area (Å²) in [6, 6.07) is 3.37. The second-order valence-electron chi connectivity index (χ2n) is 7.29. The van der Waals surface area contributed by atoms with Gasteiger partial charge in [-0.3, -0.25) is 19.6 Å². The van der Waals surface area contributed by atoms with E-state index in [-0.39, 0.29) is 31.0 Å². The van der Waals surface area contributed by atoms with Crippen LogP contribution in [0.3, 0.4) is 0 Å². The molecule has 0 aromatic carbocycles.